The van der Waals surface area contributed by atoms with Gasteiger partial charge >= 0.3 is 0 Å². The number of rotatable bonds is 4. The third-order valence-corrected chi connectivity index (χ3v) is 3.00. The fourth-order valence-corrected chi connectivity index (χ4v) is 1.93. The molecule has 0 aliphatic rings. The van der Waals surface area contributed by atoms with Gasteiger partial charge in [0.1, 0.15) is 0 Å². The van der Waals surface area contributed by atoms with Crippen LogP contribution in [0.25, 0.3) is 0 Å². The second-order valence-corrected chi connectivity index (χ2v) is 4.66. The normalized spacial score (nSPS) is 10.5. The molecule has 2 rings (SSSR count). The number of hydrogen-bond acceptors (Lipinski definition) is 3. The van der Waals surface area contributed by atoms with E-state index in [0.717, 1.165) is 0 Å². The average Bonchev–Trinajstić information content (AvgIpc) is 2.40. The Morgan fingerprint density at radius 2 is 1.74 bits per heavy atom. The molecule has 19 heavy (non-hydrogen) atoms. The number of thioether (sulfide) groups is 1. The largest absolute Gasteiger partial charge is 0.322 e. The Balaban J connectivity index is 2.04. The van der Waals surface area contributed by atoms with Crippen LogP contribution in [0.5, 0.6) is 0 Å². The summed E-state index contributed by atoms with van der Waals surface area (Å²) in [6.45, 7) is 0. The Morgan fingerprint density at radius 3 is 2.32 bits per heavy atom. The van der Waals surface area contributed by atoms with Gasteiger partial charge in [-0.1, -0.05) is 11.8 Å². The van der Waals surface area contributed by atoms with Crippen molar-refractivity contribution in [2.24, 2.45) is 0 Å². The maximum absolute atomic E-state index is 12.1. The van der Waals surface area contributed by atoms with E-state index >= 15 is 0 Å². The number of carbonyl (C=O) groups is 1. The fourth-order valence-electron chi connectivity index (χ4n) is 1.43. The van der Waals surface area contributed by atoms with Crippen LogP contribution in [0.1, 0.15) is 10.4 Å². The van der Waals surface area contributed by atoms with E-state index in [2.05, 4.69) is 10.3 Å². The minimum atomic E-state index is -2.46. The van der Waals surface area contributed by atoms with Crippen molar-refractivity contribution < 1.29 is 13.6 Å². The van der Waals surface area contributed by atoms with Crippen LogP contribution in [0.2, 0.25) is 0 Å². The Bertz CT molecular complexity index is 546. The van der Waals surface area contributed by atoms with E-state index in [1.54, 1.807) is 24.5 Å². The van der Waals surface area contributed by atoms with Crippen LogP contribution in [0.4, 0.5) is 14.5 Å². The highest BCUT2D eigenvalue weighted by molar-refractivity contribution is 7.99. The molecule has 1 N–H and O–H groups in total. The van der Waals surface area contributed by atoms with Crippen LogP contribution >= 0.6 is 11.8 Å². The number of anilines is 1. The Labute approximate surface area is 113 Å². The average molecular weight is 280 g/mol. The van der Waals surface area contributed by atoms with Crippen LogP contribution < -0.4 is 5.32 Å². The van der Waals surface area contributed by atoms with Gasteiger partial charge in [-0.05, 0) is 36.4 Å². The molecule has 6 heteroatoms. The lowest BCUT2D eigenvalue weighted by molar-refractivity contribution is 0.102. The molecule has 98 valence electrons. The summed E-state index contributed by atoms with van der Waals surface area (Å²) in [4.78, 5) is 16.1. The number of amides is 1. The molecule has 0 radical (unpaired) electrons. The van der Waals surface area contributed by atoms with Gasteiger partial charge in [0.05, 0.1) is 0 Å². The zero-order chi connectivity index (χ0) is 13.7. The monoisotopic (exact) mass is 280 g/mol. The highest BCUT2D eigenvalue weighted by atomic mass is 32.2. The molecule has 0 bridgehead atoms. The minimum absolute atomic E-state index is 0.292. The molecule has 0 saturated carbocycles. The van der Waals surface area contributed by atoms with E-state index in [1.165, 1.54) is 24.3 Å². The predicted octanol–water partition coefficient (Wildman–Crippen LogP) is 3.65. The van der Waals surface area contributed by atoms with Crippen LogP contribution in [0.15, 0.2) is 53.7 Å². The van der Waals surface area contributed by atoms with E-state index in [0.29, 0.717) is 27.9 Å². The molecule has 1 amide bonds. The van der Waals surface area contributed by atoms with Crippen molar-refractivity contribution in [3.63, 3.8) is 0 Å². The first-order valence-electron chi connectivity index (χ1n) is 5.41. The van der Waals surface area contributed by atoms with Gasteiger partial charge in [0.15, 0.2) is 0 Å². The first kappa shape index (κ1) is 13.5. The van der Waals surface area contributed by atoms with Gasteiger partial charge < -0.3 is 5.32 Å². The standard InChI is InChI=1S/C13H10F2N2OS/c14-13(15)19-11-3-1-9(2-4-11)12(18)17-10-5-7-16-8-6-10/h1-8,13H,(H,16,17,18). The number of alkyl halides is 2. The highest BCUT2D eigenvalue weighted by Gasteiger charge is 2.08. The number of halogens is 2. The van der Waals surface area contributed by atoms with Crippen molar-refractivity contribution in [3.05, 3.63) is 54.4 Å². The minimum Gasteiger partial charge on any atom is -0.322 e. The summed E-state index contributed by atoms with van der Waals surface area (Å²) < 4.78 is 24.3. The first-order chi connectivity index (χ1) is 9.15. The Kier molecular flexibility index (Phi) is 4.46. The Hall–Kier alpha value is -1.95. The molecule has 0 atom stereocenters. The van der Waals surface area contributed by atoms with E-state index in [4.69, 9.17) is 0 Å². The topological polar surface area (TPSA) is 42.0 Å². The van der Waals surface area contributed by atoms with Crippen LogP contribution in [0.3, 0.4) is 0 Å². The van der Waals surface area contributed by atoms with Crippen LogP contribution in [-0.2, 0) is 0 Å². The summed E-state index contributed by atoms with van der Waals surface area (Å²) in [7, 11) is 0. The SMILES string of the molecule is O=C(Nc1ccncc1)c1ccc(SC(F)F)cc1. The molecule has 3 nitrogen and oxygen atoms in total. The first-order valence-corrected chi connectivity index (χ1v) is 6.29. The zero-order valence-electron chi connectivity index (χ0n) is 9.72. The van der Waals surface area contributed by atoms with Gasteiger partial charge in [-0.3, -0.25) is 9.78 Å². The van der Waals surface area contributed by atoms with Gasteiger partial charge in [0.25, 0.3) is 11.7 Å². The van der Waals surface area contributed by atoms with Crippen molar-refractivity contribution in [2.45, 2.75) is 10.7 Å². The number of hydrogen-bond donors (Lipinski definition) is 1. The van der Waals surface area contributed by atoms with Gasteiger partial charge in [0.2, 0.25) is 0 Å². The number of benzene rings is 1. The van der Waals surface area contributed by atoms with Gasteiger partial charge in [-0.25, -0.2) is 0 Å². The van der Waals surface area contributed by atoms with Gasteiger partial charge in [-0.2, -0.15) is 8.78 Å². The van der Waals surface area contributed by atoms with Crippen molar-refractivity contribution in [2.75, 3.05) is 5.32 Å². The number of nitrogens with zero attached hydrogens (tertiary/aromatic N) is 1. The van der Waals surface area contributed by atoms with E-state index in [-0.39, 0.29) is 5.91 Å². The summed E-state index contributed by atoms with van der Waals surface area (Å²) in [6, 6.07) is 9.36. The van der Waals surface area contributed by atoms with Crippen LogP contribution in [-0.4, -0.2) is 16.6 Å². The number of pyridine rings is 1. The maximum atomic E-state index is 12.1. The zero-order valence-corrected chi connectivity index (χ0v) is 10.5. The Morgan fingerprint density at radius 1 is 1.11 bits per heavy atom. The second-order valence-electron chi connectivity index (χ2n) is 3.59. The van der Waals surface area contributed by atoms with E-state index in [1.807, 2.05) is 0 Å². The molecular formula is C13H10F2N2OS. The number of nitrogens with one attached hydrogen (secondary N) is 1. The second kappa shape index (κ2) is 6.29. The smallest absolute Gasteiger partial charge is 0.288 e. The lowest BCUT2D eigenvalue weighted by Gasteiger charge is -2.05. The summed E-state index contributed by atoms with van der Waals surface area (Å²) in [5.74, 6) is -2.75. The van der Waals surface area contributed by atoms with E-state index < -0.39 is 5.76 Å². The number of carbonyl (C=O) groups excluding carboxylic acids is 1. The maximum Gasteiger partial charge on any atom is 0.288 e. The molecule has 1 heterocycles. The van der Waals surface area contributed by atoms with Crippen molar-refractivity contribution in [1.29, 1.82) is 0 Å². The van der Waals surface area contributed by atoms with Crippen molar-refractivity contribution >= 4 is 23.4 Å². The highest BCUT2D eigenvalue weighted by Crippen LogP contribution is 2.25. The van der Waals surface area contributed by atoms with Crippen molar-refractivity contribution in [1.82, 2.24) is 4.98 Å². The summed E-state index contributed by atoms with van der Waals surface area (Å²) in [5.41, 5.74) is 1.04. The lowest BCUT2D eigenvalue weighted by Crippen LogP contribution is -2.11. The molecule has 0 unspecified atom stereocenters. The van der Waals surface area contributed by atoms with E-state index in [9.17, 15) is 13.6 Å². The predicted molar refractivity (Wildman–Crippen MR) is 70.5 cm³/mol. The van der Waals surface area contributed by atoms with Gasteiger partial charge in [-0.15, -0.1) is 0 Å². The molecule has 1 aromatic carbocycles. The molecular weight excluding hydrogens is 270 g/mol. The number of aromatic nitrogens is 1. The molecule has 0 spiro atoms. The molecule has 2 aromatic rings. The third kappa shape index (κ3) is 4.03. The van der Waals surface area contributed by atoms with Crippen molar-refractivity contribution in [3.8, 4) is 0 Å². The molecule has 0 fully saturated rings. The molecule has 1 aromatic heterocycles. The quantitative estimate of drug-likeness (QED) is 0.869. The molecule has 0 saturated heterocycles. The molecule has 0 aliphatic carbocycles. The molecule has 0 aliphatic heterocycles. The summed E-state index contributed by atoms with van der Waals surface area (Å²) in [6.07, 6.45) is 3.13. The lowest BCUT2D eigenvalue weighted by atomic mass is 10.2. The third-order valence-electron chi connectivity index (χ3n) is 2.28. The van der Waals surface area contributed by atoms with Crippen LogP contribution in [0, 0.1) is 0 Å². The van der Waals surface area contributed by atoms with Gasteiger partial charge in [0, 0.05) is 28.5 Å². The summed E-state index contributed by atoms with van der Waals surface area (Å²) in [5, 5.41) is 2.68. The summed E-state index contributed by atoms with van der Waals surface area (Å²) >= 11 is 0.450. The fraction of sp³-hybridized carbons (Fsp3) is 0.0769.